The normalized spacial score (nSPS) is 15.3. The van der Waals surface area contributed by atoms with Gasteiger partial charge in [0.15, 0.2) is 0 Å². The highest BCUT2D eigenvalue weighted by atomic mass is 79.9. The van der Waals surface area contributed by atoms with Crippen molar-refractivity contribution in [1.82, 2.24) is 10.2 Å². The standard InChI is InChI=1S/C18H27BrN2O3/c1-18(2,3)24-17(22)20-6-9-23-16-11-14(10-15(19)12-16)13-21-7-4-5-8-21/h10-12H,4-9,13H2,1-3H3,(H,20,22). The number of carbonyl (C=O) groups excluding carboxylic acids is 1. The number of ether oxygens (including phenoxy) is 2. The van der Waals surface area contributed by atoms with Gasteiger partial charge in [-0.3, -0.25) is 4.90 Å². The first-order valence-electron chi connectivity index (χ1n) is 8.43. The Morgan fingerprint density at radius 2 is 1.96 bits per heavy atom. The van der Waals surface area contributed by atoms with Gasteiger partial charge >= 0.3 is 6.09 Å². The fraction of sp³-hybridized carbons (Fsp3) is 0.611. The zero-order chi connectivity index (χ0) is 17.6. The first kappa shape index (κ1) is 19.1. The van der Waals surface area contributed by atoms with E-state index in [2.05, 4.69) is 38.3 Å². The van der Waals surface area contributed by atoms with E-state index in [1.165, 1.54) is 31.5 Å². The third kappa shape index (κ3) is 7.09. The van der Waals surface area contributed by atoms with Crippen molar-refractivity contribution in [2.24, 2.45) is 0 Å². The Bertz CT molecular complexity index is 552. The van der Waals surface area contributed by atoms with Crippen LogP contribution in [0.1, 0.15) is 39.2 Å². The molecule has 1 saturated heterocycles. The van der Waals surface area contributed by atoms with Crippen LogP contribution in [0.15, 0.2) is 22.7 Å². The van der Waals surface area contributed by atoms with Gasteiger partial charge in [-0.15, -0.1) is 0 Å². The third-order valence-corrected chi connectivity index (χ3v) is 4.03. The minimum Gasteiger partial charge on any atom is -0.492 e. The minimum absolute atomic E-state index is 0.402. The van der Waals surface area contributed by atoms with E-state index in [0.29, 0.717) is 13.2 Å². The molecular formula is C18H27BrN2O3. The number of hydrogen-bond donors (Lipinski definition) is 1. The lowest BCUT2D eigenvalue weighted by Crippen LogP contribution is -2.34. The average molecular weight is 399 g/mol. The second kappa shape index (κ2) is 8.72. The zero-order valence-electron chi connectivity index (χ0n) is 14.7. The molecule has 1 heterocycles. The summed E-state index contributed by atoms with van der Waals surface area (Å²) in [6.07, 6.45) is 2.15. The Kier molecular flexibility index (Phi) is 6.92. The summed E-state index contributed by atoms with van der Waals surface area (Å²) >= 11 is 3.54. The van der Waals surface area contributed by atoms with E-state index in [-0.39, 0.29) is 0 Å². The van der Waals surface area contributed by atoms with Gasteiger partial charge < -0.3 is 14.8 Å². The summed E-state index contributed by atoms with van der Waals surface area (Å²) in [6, 6.07) is 6.14. The molecule has 134 valence electrons. The van der Waals surface area contributed by atoms with E-state index >= 15 is 0 Å². The van der Waals surface area contributed by atoms with Crippen molar-refractivity contribution in [3.05, 3.63) is 28.2 Å². The second-order valence-electron chi connectivity index (χ2n) is 7.06. The predicted octanol–water partition coefficient (Wildman–Crippen LogP) is 3.95. The van der Waals surface area contributed by atoms with Crippen LogP contribution in [-0.4, -0.2) is 42.8 Å². The van der Waals surface area contributed by atoms with Crippen LogP contribution in [0.5, 0.6) is 5.75 Å². The summed E-state index contributed by atoms with van der Waals surface area (Å²) in [7, 11) is 0. The molecule has 1 aliphatic heterocycles. The van der Waals surface area contributed by atoms with Crippen molar-refractivity contribution in [1.29, 1.82) is 0 Å². The van der Waals surface area contributed by atoms with Gasteiger partial charge in [0.2, 0.25) is 0 Å². The highest BCUT2D eigenvalue weighted by molar-refractivity contribution is 9.10. The van der Waals surface area contributed by atoms with Crippen LogP contribution in [0.4, 0.5) is 4.79 Å². The predicted molar refractivity (Wildman–Crippen MR) is 98.4 cm³/mol. The van der Waals surface area contributed by atoms with E-state index in [1.54, 1.807) is 0 Å². The first-order valence-corrected chi connectivity index (χ1v) is 9.22. The van der Waals surface area contributed by atoms with Crippen molar-refractivity contribution < 1.29 is 14.3 Å². The van der Waals surface area contributed by atoms with Crippen LogP contribution in [0.25, 0.3) is 0 Å². The molecule has 6 heteroatoms. The fourth-order valence-electron chi connectivity index (χ4n) is 2.63. The molecule has 1 aromatic rings. The van der Waals surface area contributed by atoms with Crippen LogP contribution >= 0.6 is 15.9 Å². The van der Waals surface area contributed by atoms with Crippen molar-refractivity contribution in [3.63, 3.8) is 0 Å². The van der Waals surface area contributed by atoms with Crippen LogP contribution in [0.2, 0.25) is 0 Å². The number of benzene rings is 1. The van der Waals surface area contributed by atoms with Crippen molar-refractivity contribution in [2.75, 3.05) is 26.2 Å². The van der Waals surface area contributed by atoms with Gasteiger partial charge in [-0.25, -0.2) is 4.79 Å². The molecule has 0 radical (unpaired) electrons. The summed E-state index contributed by atoms with van der Waals surface area (Å²) in [5, 5.41) is 2.69. The van der Waals surface area contributed by atoms with Crippen molar-refractivity contribution in [2.45, 2.75) is 45.8 Å². The molecular weight excluding hydrogens is 372 g/mol. The average Bonchev–Trinajstić information content (AvgIpc) is 2.94. The number of carbonyl (C=O) groups is 1. The van der Waals surface area contributed by atoms with Gasteiger partial charge in [-0.05, 0) is 70.5 Å². The number of alkyl carbamates (subject to hydrolysis) is 1. The summed E-state index contributed by atoms with van der Waals surface area (Å²) in [4.78, 5) is 14.0. The number of halogens is 1. The van der Waals surface area contributed by atoms with Crippen molar-refractivity contribution in [3.8, 4) is 5.75 Å². The van der Waals surface area contributed by atoms with Crippen LogP contribution in [0, 0.1) is 0 Å². The molecule has 1 N–H and O–H groups in total. The maximum Gasteiger partial charge on any atom is 0.407 e. The van der Waals surface area contributed by atoms with Gasteiger partial charge in [-0.2, -0.15) is 0 Å². The number of hydrogen-bond acceptors (Lipinski definition) is 4. The smallest absolute Gasteiger partial charge is 0.407 e. The van der Waals surface area contributed by atoms with Gasteiger partial charge in [0.1, 0.15) is 18.0 Å². The molecule has 1 aliphatic rings. The monoisotopic (exact) mass is 398 g/mol. The fourth-order valence-corrected chi connectivity index (χ4v) is 3.15. The highest BCUT2D eigenvalue weighted by Gasteiger charge is 2.15. The Morgan fingerprint density at radius 1 is 1.25 bits per heavy atom. The molecule has 0 aliphatic carbocycles. The van der Waals surface area contributed by atoms with Crippen LogP contribution in [-0.2, 0) is 11.3 Å². The quantitative estimate of drug-likeness (QED) is 0.736. The van der Waals surface area contributed by atoms with E-state index < -0.39 is 11.7 Å². The molecule has 0 unspecified atom stereocenters. The molecule has 2 rings (SSSR count). The maximum atomic E-state index is 11.6. The number of nitrogens with one attached hydrogen (secondary N) is 1. The number of nitrogens with zero attached hydrogens (tertiary/aromatic N) is 1. The minimum atomic E-state index is -0.486. The highest BCUT2D eigenvalue weighted by Crippen LogP contribution is 2.23. The lowest BCUT2D eigenvalue weighted by molar-refractivity contribution is 0.0520. The number of likely N-dealkylation sites (tertiary alicyclic amines) is 1. The van der Waals surface area contributed by atoms with Gasteiger partial charge in [0.25, 0.3) is 0 Å². The first-order chi connectivity index (χ1) is 11.3. The molecule has 1 amide bonds. The lowest BCUT2D eigenvalue weighted by atomic mass is 10.2. The molecule has 0 aromatic heterocycles. The summed E-state index contributed by atoms with van der Waals surface area (Å²) < 4.78 is 11.9. The van der Waals surface area contributed by atoms with Gasteiger partial charge in [-0.1, -0.05) is 15.9 Å². The van der Waals surface area contributed by atoms with Crippen molar-refractivity contribution >= 4 is 22.0 Å². The SMILES string of the molecule is CC(C)(C)OC(=O)NCCOc1cc(Br)cc(CN2CCCC2)c1. The van der Waals surface area contributed by atoms with E-state index in [9.17, 15) is 4.79 Å². The Balaban J connectivity index is 1.77. The maximum absolute atomic E-state index is 11.6. The lowest BCUT2D eigenvalue weighted by Gasteiger charge is -2.19. The van der Waals surface area contributed by atoms with E-state index in [1.807, 2.05) is 26.8 Å². The molecule has 1 aromatic carbocycles. The molecule has 5 nitrogen and oxygen atoms in total. The topological polar surface area (TPSA) is 50.8 Å². The number of amides is 1. The Hall–Kier alpha value is -1.27. The van der Waals surface area contributed by atoms with Crippen LogP contribution in [0.3, 0.4) is 0 Å². The Labute approximate surface area is 152 Å². The van der Waals surface area contributed by atoms with Gasteiger partial charge in [0, 0.05) is 11.0 Å². The van der Waals surface area contributed by atoms with Crippen LogP contribution < -0.4 is 10.1 Å². The summed E-state index contributed by atoms with van der Waals surface area (Å²) in [6.45, 7) is 9.62. The molecule has 0 spiro atoms. The zero-order valence-corrected chi connectivity index (χ0v) is 16.3. The second-order valence-corrected chi connectivity index (χ2v) is 7.97. The molecule has 0 atom stereocenters. The largest absolute Gasteiger partial charge is 0.492 e. The molecule has 1 fully saturated rings. The van der Waals surface area contributed by atoms with E-state index in [4.69, 9.17) is 9.47 Å². The molecule has 0 saturated carbocycles. The molecule has 0 bridgehead atoms. The summed E-state index contributed by atoms with van der Waals surface area (Å²) in [5.74, 6) is 0.810. The van der Waals surface area contributed by atoms with Gasteiger partial charge in [0.05, 0.1) is 6.54 Å². The van der Waals surface area contributed by atoms with E-state index in [0.717, 1.165) is 16.8 Å². The number of rotatable bonds is 6. The Morgan fingerprint density at radius 3 is 2.62 bits per heavy atom. The molecule has 24 heavy (non-hydrogen) atoms. The summed E-state index contributed by atoms with van der Waals surface area (Å²) in [5.41, 5.74) is 0.751. The third-order valence-electron chi connectivity index (χ3n) is 3.57.